The van der Waals surface area contributed by atoms with Crippen LogP contribution in [-0.4, -0.2) is 32.7 Å². The van der Waals surface area contributed by atoms with Crippen LogP contribution in [0.1, 0.15) is 16.8 Å². The molecule has 1 saturated heterocycles. The fraction of sp³-hybridized carbons (Fsp3) is 0.462. The van der Waals surface area contributed by atoms with Gasteiger partial charge in [0.15, 0.2) is 0 Å². The van der Waals surface area contributed by atoms with E-state index in [9.17, 15) is 4.79 Å². The van der Waals surface area contributed by atoms with Crippen molar-refractivity contribution < 1.29 is 9.53 Å². The van der Waals surface area contributed by atoms with Gasteiger partial charge in [-0.3, -0.25) is 4.79 Å². The first-order chi connectivity index (χ1) is 8.70. The van der Waals surface area contributed by atoms with E-state index in [1.165, 1.54) is 7.11 Å². The van der Waals surface area contributed by atoms with Crippen molar-refractivity contribution in [2.24, 2.45) is 5.92 Å². The lowest BCUT2D eigenvalue weighted by Gasteiger charge is -2.11. The van der Waals surface area contributed by atoms with E-state index in [1.54, 1.807) is 18.2 Å². The van der Waals surface area contributed by atoms with E-state index < -0.39 is 0 Å². The Kier molecular flexibility index (Phi) is 4.04. The fourth-order valence-electron chi connectivity index (χ4n) is 2.08. The molecule has 2 rings (SSSR count). The Hall–Kier alpha value is -1.75. The summed E-state index contributed by atoms with van der Waals surface area (Å²) in [6, 6.07) is 5.06. The lowest BCUT2D eigenvalue weighted by molar-refractivity contribution is 0.0948. The molecule has 5 heteroatoms. The number of carbonyl (C=O) groups is 1. The molecule has 1 amide bonds. The molecule has 98 valence electrons. The number of amides is 1. The number of benzene rings is 1. The van der Waals surface area contributed by atoms with Crippen molar-refractivity contribution in [3.05, 3.63) is 23.8 Å². The smallest absolute Gasteiger partial charge is 0.251 e. The summed E-state index contributed by atoms with van der Waals surface area (Å²) in [5.74, 6) is 0.981. The molecule has 1 heterocycles. The lowest BCUT2D eigenvalue weighted by Crippen LogP contribution is -2.30. The Bertz CT molecular complexity index is 428. The standard InChI is InChI=1S/C13H19N3O2/c1-18-12-6-10(2-3-11(12)14)13(17)16-8-9-4-5-15-7-9/h2-3,6,9,15H,4-5,7-8,14H2,1H3,(H,16,17)/t9-/m1/s1. The maximum Gasteiger partial charge on any atom is 0.251 e. The van der Waals surface area contributed by atoms with Gasteiger partial charge in [0.05, 0.1) is 12.8 Å². The maximum atomic E-state index is 12.0. The quantitative estimate of drug-likeness (QED) is 0.684. The topological polar surface area (TPSA) is 76.4 Å². The van der Waals surface area contributed by atoms with Crippen LogP contribution < -0.4 is 21.1 Å². The number of hydrogen-bond acceptors (Lipinski definition) is 4. The van der Waals surface area contributed by atoms with Gasteiger partial charge in [0.1, 0.15) is 5.75 Å². The molecule has 0 saturated carbocycles. The van der Waals surface area contributed by atoms with Gasteiger partial charge in [-0.25, -0.2) is 0 Å². The number of nitrogens with one attached hydrogen (secondary N) is 2. The average Bonchev–Trinajstić information content (AvgIpc) is 2.89. The second kappa shape index (κ2) is 5.73. The molecule has 1 fully saturated rings. The minimum atomic E-state index is -0.0831. The van der Waals surface area contributed by atoms with Gasteiger partial charge in [-0.05, 0) is 43.6 Å². The number of methoxy groups -OCH3 is 1. The zero-order chi connectivity index (χ0) is 13.0. The summed E-state index contributed by atoms with van der Waals surface area (Å²) in [6.45, 7) is 2.72. The van der Waals surface area contributed by atoms with Gasteiger partial charge in [-0.1, -0.05) is 0 Å². The largest absolute Gasteiger partial charge is 0.495 e. The lowest BCUT2D eigenvalue weighted by atomic mass is 10.1. The van der Waals surface area contributed by atoms with Crippen LogP contribution in [0.25, 0.3) is 0 Å². The molecule has 1 aliphatic rings. The van der Waals surface area contributed by atoms with E-state index in [-0.39, 0.29) is 5.91 Å². The first kappa shape index (κ1) is 12.7. The number of carbonyl (C=O) groups excluding carboxylic acids is 1. The monoisotopic (exact) mass is 249 g/mol. The van der Waals surface area contributed by atoms with E-state index in [0.717, 1.165) is 19.5 Å². The Morgan fingerprint density at radius 3 is 3.11 bits per heavy atom. The van der Waals surface area contributed by atoms with Crippen molar-refractivity contribution in [3.63, 3.8) is 0 Å². The number of nitrogen functional groups attached to an aromatic ring is 1. The van der Waals surface area contributed by atoms with E-state index in [1.807, 2.05) is 0 Å². The highest BCUT2D eigenvalue weighted by Crippen LogP contribution is 2.22. The Balaban J connectivity index is 1.95. The van der Waals surface area contributed by atoms with Gasteiger partial charge in [-0.2, -0.15) is 0 Å². The molecule has 1 aromatic carbocycles. The van der Waals surface area contributed by atoms with Gasteiger partial charge in [0, 0.05) is 12.1 Å². The first-order valence-corrected chi connectivity index (χ1v) is 6.13. The zero-order valence-electron chi connectivity index (χ0n) is 10.5. The third-order valence-corrected chi connectivity index (χ3v) is 3.21. The highest BCUT2D eigenvalue weighted by atomic mass is 16.5. The van der Waals surface area contributed by atoms with Crippen LogP contribution in [0.3, 0.4) is 0 Å². The molecular formula is C13H19N3O2. The summed E-state index contributed by atoms with van der Waals surface area (Å²) in [7, 11) is 1.54. The molecule has 1 aliphatic heterocycles. The third kappa shape index (κ3) is 2.92. The predicted octanol–water partition coefficient (Wildman–Crippen LogP) is 0.617. The van der Waals surface area contributed by atoms with E-state index >= 15 is 0 Å². The Labute approximate surface area is 107 Å². The van der Waals surface area contributed by atoms with Gasteiger partial charge < -0.3 is 21.1 Å². The van der Waals surface area contributed by atoms with E-state index in [4.69, 9.17) is 10.5 Å². The Morgan fingerprint density at radius 2 is 2.44 bits per heavy atom. The summed E-state index contributed by atoms with van der Waals surface area (Å²) in [5.41, 5.74) is 6.82. The van der Waals surface area contributed by atoms with Gasteiger partial charge in [0.2, 0.25) is 0 Å². The van der Waals surface area contributed by atoms with Gasteiger partial charge in [0.25, 0.3) is 5.91 Å². The van der Waals surface area contributed by atoms with Crippen LogP contribution in [-0.2, 0) is 0 Å². The Morgan fingerprint density at radius 1 is 1.61 bits per heavy atom. The molecule has 0 radical (unpaired) electrons. The molecule has 4 N–H and O–H groups in total. The highest BCUT2D eigenvalue weighted by Gasteiger charge is 2.16. The predicted molar refractivity (Wildman–Crippen MR) is 70.7 cm³/mol. The van der Waals surface area contributed by atoms with E-state index in [0.29, 0.717) is 29.5 Å². The summed E-state index contributed by atoms with van der Waals surface area (Å²) in [4.78, 5) is 12.0. The van der Waals surface area contributed by atoms with Crippen molar-refractivity contribution in [1.82, 2.24) is 10.6 Å². The molecule has 5 nitrogen and oxygen atoms in total. The number of hydrogen-bond donors (Lipinski definition) is 3. The first-order valence-electron chi connectivity index (χ1n) is 6.13. The van der Waals surface area contributed by atoms with Crippen LogP contribution >= 0.6 is 0 Å². The molecule has 0 spiro atoms. The molecule has 1 atom stereocenters. The fourth-order valence-corrected chi connectivity index (χ4v) is 2.08. The number of nitrogens with two attached hydrogens (primary N) is 1. The zero-order valence-corrected chi connectivity index (χ0v) is 10.5. The molecule has 0 aromatic heterocycles. The third-order valence-electron chi connectivity index (χ3n) is 3.21. The molecule has 0 unspecified atom stereocenters. The average molecular weight is 249 g/mol. The highest BCUT2D eigenvalue weighted by molar-refractivity contribution is 5.95. The van der Waals surface area contributed by atoms with Crippen LogP contribution in [0, 0.1) is 5.92 Å². The van der Waals surface area contributed by atoms with Crippen molar-refractivity contribution in [3.8, 4) is 5.75 Å². The number of rotatable bonds is 4. The molecule has 0 bridgehead atoms. The maximum absolute atomic E-state index is 12.0. The van der Waals surface area contributed by atoms with Crippen LogP contribution in [0.4, 0.5) is 5.69 Å². The molecule has 18 heavy (non-hydrogen) atoms. The summed E-state index contributed by atoms with van der Waals surface area (Å²) >= 11 is 0. The number of ether oxygens (including phenoxy) is 1. The molecule has 1 aromatic rings. The normalized spacial score (nSPS) is 18.6. The van der Waals surface area contributed by atoms with Crippen LogP contribution in [0.5, 0.6) is 5.75 Å². The van der Waals surface area contributed by atoms with Crippen molar-refractivity contribution in [1.29, 1.82) is 0 Å². The summed E-state index contributed by atoms with van der Waals surface area (Å²) in [6.07, 6.45) is 1.12. The van der Waals surface area contributed by atoms with Crippen LogP contribution in [0.15, 0.2) is 18.2 Å². The summed E-state index contributed by atoms with van der Waals surface area (Å²) < 4.78 is 5.10. The van der Waals surface area contributed by atoms with E-state index in [2.05, 4.69) is 10.6 Å². The SMILES string of the molecule is COc1cc(C(=O)NC[C@@H]2CCNC2)ccc1N. The van der Waals surface area contributed by atoms with Crippen molar-refractivity contribution >= 4 is 11.6 Å². The number of anilines is 1. The second-order valence-electron chi connectivity index (χ2n) is 4.53. The van der Waals surface area contributed by atoms with Crippen LogP contribution in [0.2, 0.25) is 0 Å². The minimum absolute atomic E-state index is 0.0831. The van der Waals surface area contributed by atoms with Crippen molar-refractivity contribution in [2.45, 2.75) is 6.42 Å². The van der Waals surface area contributed by atoms with Crippen molar-refractivity contribution in [2.75, 3.05) is 32.5 Å². The van der Waals surface area contributed by atoms with Gasteiger partial charge >= 0.3 is 0 Å². The molecule has 0 aliphatic carbocycles. The minimum Gasteiger partial charge on any atom is -0.495 e. The summed E-state index contributed by atoms with van der Waals surface area (Å²) in [5, 5.41) is 6.21. The van der Waals surface area contributed by atoms with Gasteiger partial charge in [-0.15, -0.1) is 0 Å². The molecular weight excluding hydrogens is 230 g/mol. The second-order valence-corrected chi connectivity index (χ2v) is 4.53.